The SMILES string of the molecule is Cc1csc(Nc2ccc(NC(=O)[C@H]3C[C@@H]3[N+](=O)[O-])cc2)n1. The molecule has 8 heteroatoms. The number of carbonyl (C=O) groups excluding carboxylic acids is 1. The van der Waals surface area contributed by atoms with E-state index in [-0.39, 0.29) is 5.91 Å². The summed E-state index contributed by atoms with van der Waals surface area (Å²) >= 11 is 1.52. The van der Waals surface area contributed by atoms with Crippen LogP contribution in [-0.4, -0.2) is 21.9 Å². The molecule has 2 aromatic rings. The van der Waals surface area contributed by atoms with Crippen molar-refractivity contribution in [2.75, 3.05) is 10.6 Å². The minimum absolute atomic E-state index is 0.294. The minimum atomic E-state index is -0.728. The quantitative estimate of drug-likeness (QED) is 0.652. The maximum absolute atomic E-state index is 11.8. The van der Waals surface area contributed by atoms with Crippen molar-refractivity contribution in [1.29, 1.82) is 0 Å². The maximum atomic E-state index is 11.8. The van der Waals surface area contributed by atoms with Crippen LogP contribution >= 0.6 is 11.3 Å². The molecule has 1 amide bonds. The zero-order valence-electron chi connectivity index (χ0n) is 11.8. The molecule has 22 heavy (non-hydrogen) atoms. The number of nitrogens with zero attached hydrogens (tertiary/aromatic N) is 2. The average Bonchev–Trinajstić information content (AvgIpc) is 3.19. The molecule has 7 nitrogen and oxygen atoms in total. The Kier molecular flexibility index (Phi) is 3.76. The van der Waals surface area contributed by atoms with E-state index >= 15 is 0 Å². The van der Waals surface area contributed by atoms with Gasteiger partial charge in [0.25, 0.3) is 0 Å². The van der Waals surface area contributed by atoms with Crippen LogP contribution in [0.4, 0.5) is 16.5 Å². The number of aromatic nitrogens is 1. The summed E-state index contributed by atoms with van der Waals surface area (Å²) < 4.78 is 0. The number of hydrogen-bond donors (Lipinski definition) is 2. The summed E-state index contributed by atoms with van der Waals surface area (Å²) in [5.41, 5.74) is 2.45. The topological polar surface area (TPSA) is 97.2 Å². The van der Waals surface area contributed by atoms with Crippen molar-refractivity contribution in [2.24, 2.45) is 5.92 Å². The Balaban J connectivity index is 1.58. The Labute approximate surface area is 130 Å². The summed E-state index contributed by atoms with van der Waals surface area (Å²) in [6, 6.07) is 6.43. The fourth-order valence-corrected chi connectivity index (χ4v) is 2.81. The molecule has 1 saturated carbocycles. The van der Waals surface area contributed by atoms with Gasteiger partial charge in [-0.2, -0.15) is 0 Å². The van der Waals surface area contributed by atoms with Crippen molar-refractivity contribution >= 4 is 33.8 Å². The normalized spacial score (nSPS) is 19.5. The lowest BCUT2D eigenvalue weighted by Gasteiger charge is -2.06. The number of aryl methyl sites for hydroxylation is 1. The lowest BCUT2D eigenvalue weighted by Crippen LogP contribution is -2.18. The van der Waals surface area contributed by atoms with Crippen LogP contribution < -0.4 is 10.6 Å². The van der Waals surface area contributed by atoms with Gasteiger partial charge in [0, 0.05) is 28.1 Å². The molecule has 0 radical (unpaired) electrons. The molecule has 1 aliphatic rings. The van der Waals surface area contributed by atoms with Gasteiger partial charge < -0.3 is 10.6 Å². The molecule has 0 unspecified atom stereocenters. The van der Waals surface area contributed by atoms with Crippen LogP contribution in [0.5, 0.6) is 0 Å². The van der Waals surface area contributed by atoms with Crippen molar-refractivity contribution in [1.82, 2.24) is 4.98 Å². The van der Waals surface area contributed by atoms with Gasteiger partial charge >= 0.3 is 0 Å². The van der Waals surface area contributed by atoms with Crippen LogP contribution in [0.1, 0.15) is 12.1 Å². The third-order valence-electron chi connectivity index (χ3n) is 3.39. The van der Waals surface area contributed by atoms with Crippen LogP contribution in [0.3, 0.4) is 0 Å². The number of amides is 1. The van der Waals surface area contributed by atoms with E-state index in [1.807, 2.05) is 24.4 Å². The number of thiazole rings is 1. The molecule has 0 bridgehead atoms. The summed E-state index contributed by atoms with van der Waals surface area (Å²) in [6.07, 6.45) is 0.321. The van der Waals surface area contributed by atoms with Crippen LogP contribution in [0.2, 0.25) is 0 Å². The van der Waals surface area contributed by atoms with Crippen molar-refractivity contribution in [3.05, 3.63) is 45.5 Å². The van der Waals surface area contributed by atoms with Gasteiger partial charge in [-0.05, 0) is 31.2 Å². The summed E-state index contributed by atoms with van der Waals surface area (Å²) in [5.74, 6) is -0.802. The monoisotopic (exact) mass is 318 g/mol. The fraction of sp³-hybridized carbons (Fsp3) is 0.286. The summed E-state index contributed by atoms with van der Waals surface area (Å²) in [6.45, 7) is 1.93. The van der Waals surface area contributed by atoms with Crippen LogP contribution in [0.15, 0.2) is 29.6 Å². The Hall–Kier alpha value is -2.48. The third-order valence-corrected chi connectivity index (χ3v) is 4.26. The Bertz CT molecular complexity index is 713. The third kappa shape index (κ3) is 3.22. The van der Waals surface area contributed by atoms with Crippen LogP contribution in [-0.2, 0) is 4.79 Å². The second kappa shape index (κ2) is 5.72. The minimum Gasteiger partial charge on any atom is -0.332 e. The second-order valence-corrected chi connectivity index (χ2v) is 6.04. The number of nitrogens with one attached hydrogen (secondary N) is 2. The predicted octanol–water partition coefficient (Wildman–Crippen LogP) is 2.80. The van der Waals surface area contributed by atoms with Gasteiger partial charge in [0.2, 0.25) is 11.9 Å². The highest BCUT2D eigenvalue weighted by Gasteiger charge is 2.53. The first-order chi connectivity index (χ1) is 10.5. The molecule has 0 aliphatic heterocycles. The maximum Gasteiger partial charge on any atom is 0.234 e. The highest BCUT2D eigenvalue weighted by molar-refractivity contribution is 7.13. The van der Waals surface area contributed by atoms with E-state index in [9.17, 15) is 14.9 Å². The van der Waals surface area contributed by atoms with Crippen molar-refractivity contribution in [3.8, 4) is 0 Å². The molecule has 114 valence electrons. The van der Waals surface area contributed by atoms with Crippen molar-refractivity contribution in [3.63, 3.8) is 0 Å². The Morgan fingerprint density at radius 2 is 2.05 bits per heavy atom. The second-order valence-electron chi connectivity index (χ2n) is 5.18. The number of rotatable bonds is 5. The molecule has 2 atom stereocenters. The largest absolute Gasteiger partial charge is 0.332 e. The molecule has 2 N–H and O–H groups in total. The van der Waals surface area contributed by atoms with E-state index < -0.39 is 16.9 Å². The van der Waals surface area contributed by atoms with E-state index in [1.165, 1.54) is 11.3 Å². The van der Waals surface area contributed by atoms with E-state index in [2.05, 4.69) is 15.6 Å². The summed E-state index contributed by atoms with van der Waals surface area (Å²) in [4.78, 5) is 26.3. The molecule has 1 aliphatic carbocycles. The van der Waals surface area contributed by atoms with Gasteiger partial charge in [0.15, 0.2) is 5.13 Å². The highest BCUT2D eigenvalue weighted by Crippen LogP contribution is 2.34. The van der Waals surface area contributed by atoms with E-state index in [1.54, 1.807) is 12.1 Å². The summed E-state index contributed by atoms with van der Waals surface area (Å²) in [5, 5.41) is 19.2. The fourth-order valence-electron chi connectivity index (χ4n) is 2.10. The van der Waals surface area contributed by atoms with Gasteiger partial charge in [0.1, 0.15) is 5.92 Å². The molecule has 1 aromatic carbocycles. The Morgan fingerprint density at radius 3 is 2.59 bits per heavy atom. The molecule has 3 rings (SSSR count). The number of benzene rings is 1. The van der Waals surface area contributed by atoms with E-state index in [0.29, 0.717) is 12.1 Å². The van der Waals surface area contributed by atoms with Crippen LogP contribution in [0, 0.1) is 23.0 Å². The first-order valence-corrected chi connectivity index (χ1v) is 7.64. The number of anilines is 3. The number of nitro groups is 1. The lowest BCUT2D eigenvalue weighted by molar-refractivity contribution is -0.497. The van der Waals surface area contributed by atoms with E-state index in [0.717, 1.165) is 16.5 Å². The molecule has 1 fully saturated rings. The zero-order valence-corrected chi connectivity index (χ0v) is 12.6. The van der Waals surface area contributed by atoms with Gasteiger partial charge in [-0.1, -0.05) is 0 Å². The van der Waals surface area contributed by atoms with Gasteiger partial charge in [0.05, 0.1) is 5.69 Å². The molecule has 0 saturated heterocycles. The Morgan fingerprint density at radius 1 is 1.36 bits per heavy atom. The van der Waals surface area contributed by atoms with Gasteiger partial charge in [-0.15, -0.1) is 11.3 Å². The average molecular weight is 318 g/mol. The molecular formula is C14H14N4O3S. The zero-order chi connectivity index (χ0) is 15.7. The number of carbonyl (C=O) groups is 1. The first kappa shape index (κ1) is 14.5. The smallest absolute Gasteiger partial charge is 0.234 e. The van der Waals surface area contributed by atoms with Crippen molar-refractivity contribution in [2.45, 2.75) is 19.4 Å². The van der Waals surface area contributed by atoms with Gasteiger partial charge in [-0.3, -0.25) is 14.9 Å². The standard InChI is InChI=1S/C14H14N4O3S/c1-8-7-22-14(15-8)17-10-4-2-9(3-5-10)16-13(19)11-6-12(11)18(20)21/h2-5,7,11-12H,6H2,1H3,(H,15,17)(H,16,19)/t11-,12-/m0/s1. The first-order valence-electron chi connectivity index (χ1n) is 6.76. The van der Waals surface area contributed by atoms with Crippen molar-refractivity contribution < 1.29 is 9.72 Å². The molecule has 1 aromatic heterocycles. The summed E-state index contributed by atoms with van der Waals surface area (Å²) in [7, 11) is 0. The predicted molar refractivity (Wildman–Crippen MR) is 84.1 cm³/mol. The molecular weight excluding hydrogens is 304 g/mol. The lowest BCUT2D eigenvalue weighted by atomic mass is 10.2. The van der Waals surface area contributed by atoms with E-state index in [4.69, 9.17) is 0 Å². The number of hydrogen-bond acceptors (Lipinski definition) is 6. The molecule has 1 heterocycles. The van der Waals surface area contributed by atoms with Crippen LogP contribution in [0.25, 0.3) is 0 Å². The highest BCUT2D eigenvalue weighted by atomic mass is 32.1. The van der Waals surface area contributed by atoms with Gasteiger partial charge in [-0.25, -0.2) is 4.98 Å². The molecule has 0 spiro atoms.